The number of fused-ring (bicyclic) bond motifs is 2. The van der Waals surface area contributed by atoms with E-state index in [-0.39, 0.29) is 6.61 Å². The first-order valence-electron chi connectivity index (χ1n) is 7.37. The lowest BCUT2D eigenvalue weighted by atomic mass is 9.84. The number of rotatable bonds is 4. The molecule has 108 valence electrons. The Balaban J connectivity index is 1.82. The van der Waals surface area contributed by atoms with Crippen LogP contribution in [0.3, 0.4) is 0 Å². The number of aliphatic carboxylic acids is 1. The van der Waals surface area contributed by atoms with Crippen LogP contribution < -0.4 is 5.32 Å². The topological polar surface area (TPSA) is 69.6 Å². The number of carboxylic acid groups (broad SMARTS) is 1. The largest absolute Gasteiger partial charge is 0.481 e. The average Bonchev–Trinajstić information content (AvgIpc) is 2.78. The molecule has 1 aromatic rings. The van der Waals surface area contributed by atoms with Crippen molar-refractivity contribution < 1.29 is 15.0 Å². The summed E-state index contributed by atoms with van der Waals surface area (Å²) < 4.78 is 0. The number of carbonyl (C=O) groups is 1. The molecule has 3 N–H and O–H groups in total. The van der Waals surface area contributed by atoms with Gasteiger partial charge in [-0.05, 0) is 42.7 Å². The predicted octanol–water partition coefficient (Wildman–Crippen LogP) is 1.85. The summed E-state index contributed by atoms with van der Waals surface area (Å²) in [6.45, 7) is -0.351. The van der Waals surface area contributed by atoms with Crippen molar-refractivity contribution in [3.05, 3.63) is 35.4 Å². The summed E-state index contributed by atoms with van der Waals surface area (Å²) in [5.41, 5.74) is 1.93. The van der Waals surface area contributed by atoms with E-state index in [0.29, 0.717) is 23.6 Å². The van der Waals surface area contributed by atoms with Gasteiger partial charge in [-0.15, -0.1) is 0 Å². The minimum Gasteiger partial charge on any atom is -0.481 e. The highest BCUT2D eigenvalue weighted by Gasteiger charge is 2.34. The van der Waals surface area contributed by atoms with Gasteiger partial charge in [-0.1, -0.05) is 24.3 Å². The fraction of sp³-hybridized carbons (Fsp3) is 0.562. The standard InChI is InChI=1S/C16H21NO3/c18-9-15(16(19)20)11-3-1-2-10(6-11)12-7-13-4-5-14(8-12)17-13/h1-3,6,12-15,17-18H,4-5,7-9H2,(H,19,20). The van der Waals surface area contributed by atoms with Crippen LogP contribution in [0.2, 0.25) is 0 Å². The van der Waals surface area contributed by atoms with Crippen LogP contribution in [0, 0.1) is 0 Å². The minimum atomic E-state index is -0.963. The van der Waals surface area contributed by atoms with Crippen LogP contribution in [0.15, 0.2) is 24.3 Å². The van der Waals surface area contributed by atoms with E-state index in [9.17, 15) is 9.90 Å². The van der Waals surface area contributed by atoms with Crippen molar-refractivity contribution in [1.82, 2.24) is 5.32 Å². The maximum absolute atomic E-state index is 11.2. The highest BCUT2D eigenvalue weighted by atomic mass is 16.4. The van der Waals surface area contributed by atoms with E-state index in [1.54, 1.807) is 6.07 Å². The van der Waals surface area contributed by atoms with E-state index < -0.39 is 11.9 Å². The lowest BCUT2D eigenvalue weighted by Gasteiger charge is -2.29. The summed E-state index contributed by atoms with van der Waals surface area (Å²) in [5, 5.41) is 22.0. The predicted molar refractivity (Wildman–Crippen MR) is 75.8 cm³/mol. The van der Waals surface area contributed by atoms with Gasteiger partial charge in [0.1, 0.15) is 5.92 Å². The molecule has 0 aromatic heterocycles. The monoisotopic (exact) mass is 275 g/mol. The average molecular weight is 275 g/mol. The van der Waals surface area contributed by atoms with Gasteiger partial charge < -0.3 is 15.5 Å². The second-order valence-electron chi connectivity index (χ2n) is 6.05. The summed E-state index contributed by atoms with van der Waals surface area (Å²) in [4.78, 5) is 11.2. The Labute approximate surface area is 118 Å². The summed E-state index contributed by atoms with van der Waals surface area (Å²) in [6.07, 6.45) is 4.79. The highest BCUT2D eigenvalue weighted by Crippen LogP contribution is 2.37. The Morgan fingerprint density at radius 2 is 2.00 bits per heavy atom. The Kier molecular flexibility index (Phi) is 3.76. The van der Waals surface area contributed by atoms with Crippen molar-refractivity contribution in [3.8, 4) is 0 Å². The molecular weight excluding hydrogens is 254 g/mol. The fourth-order valence-corrected chi connectivity index (χ4v) is 3.69. The van der Waals surface area contributed by atoms with Gasteiger partial charge in [-0.2, -0.15) is 0 Å². The van der Waals surface area contributed by atoms with Crippen molar-refractivity contribution in [2.75, 3.05) is 6.61 Å². The van der Waals surface area contributed by atoms with E-state index in [1.807, 2.05) is 12.1 Å². The lowest BCUT2D eigenvalue weighted by Crippen LogP contribution is -2.37. The van der Waals surface area contributed by atoms with Crippen LogP contribution in [0.4, 0.5) is 0 Å². The van der Waals surface area contributed by atoms with Crippen molar-refractivity contribution in [3.63, 3.8) is 0 Å². The van der Waals surface area contributed by atoms with Crippen LogP contribution in [-0.2, 0) is 4.79 Å². The molecule has 0 amide bonds. The van der Waals surface area contributed by atoms with Crippen LogP contribution in [0.1, 0.15) is 48.6 Å². The minimum absolute atomic E-state index is 0.351. The van der Waals surface area contributed by atoms with E-state index >= 15 is 0 Å². The molecule has 2 heterocycles. The summed E-state index contributed by atoms with van der Waals surface area (Å²) >= 11 is 0. The van der Waals surface area contributed by atoms with E-state index in [1.165, 1.54) is 18.4 Å². The fourth-order valence-electron chi connectivity index (χ4n) is 3.69. The van der Waals surface area contributed by atoms with Crippen LogP contribution in [-0.4, -0.2) is 34.9 Å². The second-order valence-corrected chi connectivity index (χ2v) is 6.05. The molecule has 2 aliphatic heterocycles. The molecule has 4 heteroatoms. The molecule has 2 aliphatic rings. The molecule has 3 rings (SSSR count). The molecular formula is C16H21NO3. The third kappa shape index (κ3) is 2.58. The first kappa shape index (κ1) is 13.6. The molecule has 3 unspecified atom stereocenters. The first-order valence-corrected chi connectivity index (χ1v) is 7.37. The second kappa shape index (κ2) is 5.54. The third-order valence-electron chi connectivity index (χ3n) is 4.74. The zero-order chi connectivity index (χ0) is 14.1. The van der Waals surface area contributed by atoms with Crippen molar-refractivity contribution in [1.29, 1.82) is 0 Å². The number of nitrogens with one attached hydrogen (secondary N) is 1. The number of hydrogen-bond donors (Lipinski definition) is 3. The smallest absolute Gasteiger partial charge is 0.313 e. The SMILES string of the molecule is O=C(O)C(CO)c1cccc(C2CC3CCC(C2)N3)c1. The Morgan fingerprint density at radius 3 is 2.60 bits per heavy atom. The van der Waals surface area contributed by atoms with Gasteiger partial charge in [0.25, 0.3) is 0 Å². The molecule has 2 fully saturated rings. The summed E-state index contributed by atoms with van der Waals surface area (Å²) in [7, 11) is 0. The molecule has 0 spiro atoms. The van der Waals surface area contributed by atoms with Crippen molar-refractivity contribution in [2.24, 2.45) is 0 Å². The zero-order valence-electron chi connectivity index (χ0n) is 11.5. The summed E-state index contributed by atoms with van der Waals surface area (Å²) in [6, 6.07) is 9.03. The number of aliphatic hydroxyl groups excluding tert-OH is 1. The molecule has 0 saturated carbocycles. The Hall–Kier alpha value is -1.39. The Morgan fingerprint density at radius 1 is 1.30 bits per heavy atom. The number of carboxylic acids is 1. The molecule has 3 atom stereocenters. The molecule has 0 aliphatic carbocycles. The third-order valence-corrected chi connectivity index (χ3v) is 4.74. The zero-order valence-corrected chi connectivity index (χ0v) is 11.5. The number of hydrogen-bond acceptors (Lipinski definition) is 3. The lowest BCUT2D eigenvalue weighted by molar-refractivity contribution is -0.139. The van der Waals surface area contributed by atoms with Gasteiger partial charge in [0, 0.05) is 12.1 Å². The molecule has 2 saturated heterocycles. The number of aliphatic hydroxyl groups is 1. The van der Waals surface area contributed by atoms with Gasteiger partial charge in [-0.3, -0.25) is 4.79 Å². The van der Waals surface area contributed by atoms with Crippen LogP contribution in [0.5, 0.6) is 0 Å². The van der Waals surface area contributed by atoms with Gasteiger partial charge in [0.15, 0.2) is 0 Å². The van der Waals surface area contributed by atoms with Crippen LogP contribution in [0.25, 0.3) is 0 Å². The van der Waals surface area contributed by atoms with Gasteiger partial charge >= 0.3 is 5.97 Å². The molecule has 1 aromatic carbocycles. The number of benzene rings is 1. The quantitative estimate of drug-likeness (QED) is 0.784. The van der Waals surface area contributed by atoms with E-state index in [2.05, 4.69) is 11.4 Å². The van der Waals surface area contributed by atoms with Crippen LogP contribution >= 0.6 is 0 Å². The van der Waals surface area contributed by atoms with Gasteiger partial charge in [0.05, 0.1) is 6.61 Å². The normalized spacial score (nSPS) is 30.1. The molecule has 20 heavy (non-hydrogen) atoms. The summed E-state index contributed by atoms with van der Waals surface area (Å²) in [5.74, 6) is -1.26. The molecule has 2 bridgehead atoms. The highest BCUT2D eigenvalue weighted by molar-refractivity contribution is 5.76. The first-order chi connectivity index (χ1) is 9.67. The van der Waals surface area contributed by atoms with Gasteiger partial charge in [0.2, 0.25) is 0 Å². The van der Waals surface area contributed by atoms with Crippen molar-refractivity contribution in [2.45, 2.75) is 49.6 Å². The maximum atomic E-state index is 11.2. The Bertz CT molecular complexity index is 490. The van der Waals surface area contributed by atoms with E-state index in [0.717, 1.165) is 12.8 Å². The maximum Gasteiger partial charge on any atom is 0.313 e. The van der Waals surface area contributed by atoms with Gasteiger partial charge in [-0.25, -0.2) is 0 Å². The molecule has 0 radical (unpaired) electrons. The van der Waals surface area contributed by atoms with Crippen molar-refractivity contribution >= 4 is 5.97 Å². The van der Waals surface area contributed by atoms with E-state index in [4.69, 9.17) is 5.11 Å². The molecule has 4 nitrogen and oxygen atoms in total. The number of piperidine rings is 1.